The Bertz CT molecular complexity index is 294. The quantitative estimate of drug-likeness (QED) is 0.718. The van der Waals surface area contributed by atoms with Crippen LogP contribution in [0.4, 0.5) is 0 Å². The number of carbonyl (C=O) groups excluding carboxylic acids is 1. The second-order valence-electron chi connectivity index (χ2n) is 3.15. The Balaban J connectivity index is 1.88. The number of thiazole rings is 1. The average molecular weight is 212 g/mol. The van der Waals surface area contributed by atoms with Gasteiger partial charge in [0.15, 0.2) is 0 Å². The second kappa shape index (κ2) is 4.52. The second-order valence-corrected chi connectivity index (χ2v) is 3.87. The van der Waals surface area contributed by atoms with Crippen LogP contribution in [0.15, 0.2) is 10.9 Å². The SMILES string of the molecule is O=C(Cc1cscn1)N1CCOCC1. The van der Waals surface area contributed by atoms with E-state index in [4.69, 9.17) is 4.74 Å². The Labute approximate surface area is 86.5 Å². The van der Waals surface area contributed by atoms with Gasteiger partial charge in [-0.15, -0.1) is 11.3 Å². The van der Waals surface area contributed by atoms with Crippen molar-refractivity contribution in [2.45, 2.75) is 6.42 Å². The van der Waals surface area contributed by atoms with Crippen LogP contribution >= 0.6 is 11.3 Å². The molecule has 1 aliphatic heterocycles. The Morgan fingerprint density at radius 1 is 1.57 bits per heavy atom. The summed E-state index contributed by atoms with van der Waals surface area (Å²) in [6, 6.07) is 0. The topological polar surface area (TPSA) is 42.4 Å². The van der Waals surface area contributed by atoms with E-state index >= 15 is 0 Å². The van der Waals surface area contributed by atoms with Crippen LogP contribution in [-0.4, -0.2) is 42.1 Å². The lowest BCUT2D eigenvalue weighted by molar-refractivity contribution is -0.134. The van der Waals surface area contributed by atoms with E-state index in [1.54, 1.807) is 5.51 Å². The molecule has 1 aromatic rings. The van der Waals surface area contributed by atoms with Crippen LogP contribution in [0, 0.1) is 0 Å². The first-order chi connectivity index (χ1) is 6.86. The van der Waals surface area contributed by atoms with Gasteiger partial charge in [-0.25, -0.2) is 4.98 Å². The summed E-state index contributed by atoms with van der Waals surface area (Å²) in [5, 5.41) is 1.92. The normalized spacial score (nSPS) is 17.0. The highest BCUT2D eigenvalue weighted by atomic mass is 32.1. The average Bonchev–Trinajstić information content (AvgIpc) is 2.72. The maximum absolute atomic E-state index is 11.7. The monoisotopic (exact) mass is 212 g/mol. The fourth-order valence-electron chi connectivity index (χ4n) is 1.40. The molecular formula is C9H12N2O2S. The number of carbonyl (C=O) groups is 1. The van der Waals surface area contributed by atoms with Crippen LogP contribution in [0.5, 0.6) is 0 Å². The van der Waals surface area contributed by atoms with Crippen LogP contribution in [0.2, 0.25) is 0 Å². The van der Waals surface area contributed by atoms with Crippen molar-refractivity contribution in [3.63, 3.8) is 0 Å². The van der Waals surface area contributed by atoms with Gasteiger partial charge in [-0.05, 0) is 0 Å². The Kier molecular flexibility index (Phi) is 3.10. The molecule has 1 aliphatic rings. The molecule has 0 bridgehead atoms. The van der Waals surface area contributed by atoms with Gasteiger partial charge >= 0.3 is 0 Å². The van der Waals surface area contributed by atoms with Crippen LogP contribution in [0.1, 0.15) is 5.69 Å². The van der Waals surface area contributed by atoms with E-state index in [1.165, 1.54) is 11.3 Å². The molecule has 0 unspecified atom stereocenters. The molecule has 0 saturated carbocycles. The molecule has 0 N–H and O–H groups in total. The molecule has 1 fully saturated rings. The van der Waals surface area contributed by atoms with Gasteiger partial charge in [-0.2, -0.15) is 0 Å². The number of hydrogen-bond acceptors (Lipinski definition) is 4. The predicted molar refractivity (Wildman–Crippen MR) is 53.2 cm³/mol. The number of rotatable bonds is 2. The minimum absolute atomic E-state index is 0.152. The lowest BCUT2D eigenvalue weighted by Crippen LogP contribution is -2.41. The van der Waals surface area contributed by atoms with Crippen molar-refractivity contribution < 1.29 is 9.53 Å². The molecule has 76 valence electrons. The molecule has 0 aromatic carbocycles. The standard InChI is InChI=1S/C9H12N2O2S/c12-9(5-8-6-14-7-10-8)11-1-3-13-4-2-11/h6-7H,1-5H2. The summed E-state index contributed by atoms with van der Waals surface area (Å²) in [6.07, 6.45) is 0.420. The molecule has 1 aromatic heterocycles. The molecule has 0 atom stereocenters. The number of ether oxygens (including phenoxy) is 1. The number of amides is 1. The Hall–Kier alpha value is -0.940. The van der Waals surface area contributed by atoms with Gasteiger partial charge in [0.25, 0.3) is 0 Å². The molecule has 1 amide bonds. The summed E-state index contributed by atoms with van der Waals surface area (Å²) in [5.41, 5.74) is 2.62. The molecule has 4 nitrogen and oxygen atoms in total. The lowest BCUT2D eigenvalue weighted by Gasteiger charge is -2.26. The molecule has 14 heavy (non-hydrogen) atoms. The van der Waals surface area contributed by atoms with Gasteiger partial charge in [0, 0.05) is 18.5 Å². The van der Waals surface area contributed by atoms with Crippen LogP contribution < -0.4 is 0 Å². The third kappa shape index (κ3) is 2.30. The van der Waals surface area contributed by atoms with Gasteiger partial charge in [0.2, 0.25) is 5.91 Å². The van der Waals surface area contributed by atoms with Gasteiger partial charge in [0.05, 0.1) is 30.8 Å². The van der Waals surface area contributed by atoms with Crippen molar-refractivity contribution >= 4 is 17.2 Å². The molecule has 5 heteroatoms. The molecule has 0 spiro atoms. The third-order valence-electron chi connectivity index (χ3n) is 2.18. The summed E-state index contributed by atoms with van der Waals surface area (Å²) in [5.74, 6) is 0.152. The van der Waals surface area contributed by atoms with Crippen LogP contribution in [0.25, 0.3) is 0 Å². The highest BCUT2D eigenvalue weighted by Crippen LogP contribution is 2.05. The first-order valence-electron chi connectivity index (χ1n) is 4.59. The van der Waals surface area contributed by atoms with E-state index in [2.05, 4.69) is 4.98 Å². The third-order valence-corrected chi connectivity index (χ3v) is 2.81. The van der Waals surface area contributed by atoms with Crippen LogP contribution in [0.3, 0.4) is 0 Å². The molecule has 2 heterocycles. The highest BCUT2D eigenvalue weighted by Gasteiger charge is 2.17. The Morgan fingerprint density at radius 2 is 2.36 bits per heavy atom. The van der Waals surface area contributed by atoms with Gasteiger partial charge in [-0.1, -0.05) is 0 Å². The lowest BCUT2D eigenvalue weighted by atomic mass is 10.3. The zero-order valence-corrected chi connectivity index (χ0v) is 8.63. The minimum Gasteiger partial charge on any atom is -0.378 e. The zero-order chi connectivity index (χ0) is 9.80. The largest absolute Gasteiger partial charge is 0.378 e. The van der Waals surface area contributed by atoms with E-state index in [0.29, 0.717) is 32.7 Å². The summed E-state index contributed by atoms with van der Waals surface area (Å²) in [7, 11) is 0. The number of nitrogens with zero attached hydrogens (tertiary/aromatic N) is 2. The van der Waals surface area contributed by atoms with Crippen molar-refractivity contribution in [3.8, 4) is 0 Å². The van der Waals surface area contributed by atoms with Crippen molar-refractivity contribution in [3.05, 3.63) is 16.6 Å². The molecule has 0 radical (unpaired) electrons. The maximum Gasteiger partial charge on any atom is 0.228 e. The molecular weight excluding hydrogens is 200 g/mol. The summed E-state index contributed by atoms with van der Waals surface area (Å²) in [4.78, 5) is 17.6. The van der Waals surface area contributed by atoms with E-state index in [9.17, 15) is 4.79 Å². The number of hydrogen-bond donors (Lipinski definition) is 0. The van der Waals surface area contributed by atoms with E-state index < -0.39 is 0 Å². The predicted octanol–water partition coefficient (Wildman–Crippen LogP) is 0.544. The highest BCUT2D eigenvalue weighted by molar-refractivity contribution is 7.07. The molecule has 2 rings (SSSR count). The summed E-state index contributed by atoms with van der Waals surface area (Å²) >= 11 is 1.52. The van der Waals surface area contributed by atoms with Crippen LogP contribution in [-0.2, 0) is 16.0 Å². The van der Waals surface area contributed by atoms with E-state index in [1.807, 2.05) is 10.3 Å². The van der Waals surface area contributed by atoms with Gasteiger partial charge in [0.1, 0.15) is 0 Å². The Morgan fingerprint density at radius 3 is 3.00 bits per heavy atom. The van der Waals surface area contributed by atoms with E-state index in [0.717, 1.165) is 5.69 Å². The number of aromatic nitrogens is 1. The first kappa shape index (κ1) is 9.61. The smallest absolute Gasteiger partial charge is 0.228 e. The van der Waals surface area contributed by atoms with Crippen molar-refractivity contribution in [2.24, 2.45) is 0 Å². The fraction of sp³-hybridized carbons (Fsp3) is 0.556. The van der Waals surface area contributed by atoms with Gasteiger partial charge < -0.3 is 9.64 Å². The molecule has 1 saturated heterocycles. The fourth-order valence-corrected chi connectivity index (χ4v) is 1.96. The number of morpholine rings is 1. The summed E-state index contributed by atoms with van der Waals surface area (Å²) < 4.78 is 5.18. The first-order valence-corrected chi connectivity index (χ1v) is 5.53. The van der Waals surface area contributed by atoms with E-state index in [-0.39, 0.29) is 5.91 Å². The summed E-state index contributed by atoms with van der Waals surface area (Å²) in [6.45, 7) is 2.73. The molecule has 0 aliphatic carbocycles. The van der Waals surface area contributed by atoms with Crippen molar-refractivity contribution in [2.75, 3.05) is 26.3 Å². The van der Waals surface area contributed by atoms with Crippen molar-refractivity contribution in [1.29, 1.82) is 0 Å². The maximum atomic E-state index is 11.7. The van der Waals surface area contributed by atoms with Crippen molar-refractivity contribution in [1.82, 2.24) is 9.88 Å². The van der Waals surface area contributed by atoms with Gasteiger partial charge in [-0.3, -0.25) is 4.79 Å². The zero-order valence-electron chi connectivity index (χ0n) is 7.81. The minimum atomic E-state index is 0.152.